The quantitative estimate of drug-likeness (QED) is 0.621. The molecule has 0 saturated heterocycles. The van der Waals surface area contributed by atoms with Crippen LogP contribution in [-0.2, 0) is 4.74 Å². The van der Waals surface area contributed by atoms with Crippen LogP contribution in [0.3, 0.4) is 0 Å². The molecule has 0 bridgehead atoms. The summed E-state index contributed by atoms with van der Waals surface area (Å²) in [5.74, 6) is -0.0633. The van der Waals surface area contributed by atoms with Gasteiger partial charge >= 0.3 is 0 Å². The first-order valence-corrected chi connectivity index (χ1v) is 4.78. The molecule has 1 rings (SSSR count). The van der Waals surface area contributed by atoms with Gasteiger partial charge in [0.05, 0.1) is 6.10 Å². The normalized spacial score (nSPS) is 32.6. The molecule has 3 atom stereocenters. The Labute approximate surface area is 83.1 Å². The smallest absolute Gasteiger partial charge is 0.134 e. The fraction of sp³-hybridized carbons (Fsp3) is 0.889. The van der Waals surface area contributed by atoms with Gasteiger partial charge in [-0.15, -0.1) is 0 Å². The van der Waals surface area contributed by atoms with Crippen LogP contribution in [0.2, 0.25) is 0 Å². The summed E-state index contributed by atoms with van der Waals surface area (Å²) in [5.41, 5.74) is 0. The largest absolute Gasteiger partial charge is 0.530 e. The van der Waals surface area contributed by atoms with Crippen LogP contribution in [0.15, 0.2) is 0 Å². The Hall–Kier alpha value is -0.810. The van der Waals surface area contributed by atoms with E-state index in [1.807, 2.05) is 0 Å². The van der Waals surface area contributed by atoms with Gasteiger partial charge in [-0.25, -0.2) is 0 Å². The molecule has 2 N–H and O–H groups in total. The maximum Gasteiger partial charge on any atom is 0.134 e. The summed E-state index contributed by atoms with van der Waals surface area (Å²) in [6.45, 7) is -0.0230. The fourth-order valence-electron chi connectivity index (χ4n) is 1.98. The number of aliphatic hydroxyl groups is 1. The molecule has 1 saturated carbocycles. The minimum absolute atomic E-state index is 0.0230. The van der Waals surface area contributed by atoms with Crippen molar-refractivity contribution in [3.8, 4) is 0 Å². The molecular formula is C9H16NO4-. The van der Waals surface area contributed by atoms with Gasteiger partial charge in [0.25, 0.3) is 0 Å². The summed E-state index contributed by atoms with van der Waals surface area (Å²) in [4.78, 5) is 10.3. The number of hydrogen-bond donors (Lipinski definition) is 2. The second-order valence-corrected chi connectivity index (χ2v) is 3.65. The Morgan fingerprint density at radius 3 is 2.86 bits per heavy atom. The van der Waals surface area contributed by atoms with Crippen molar-refractivity contribution in [2.75, 3.05) is 13.7 Å². The summed E-state index contributed by atoms with van der Waals surface area (Å²) in [5, 5.41) is 21.7. The van der Waals surface area contributed by atoms with Crippen LogP contribution >= 0.6 is 0 Å². The number of methoxy groups -OCH3 is 1. The van der Waals surface area contributed by atoms with Crippen molar-refractivity contribution in [1.82, 2.24) is 5.32 Å². The number of hydrogen-bond acceptors (Lipinski definition) is 4. The molecule has 0 spiro atoms. The molecule has 1 aliphatic carbocycles. The molecule has 82 valence electrons. The van der Waals surface area contributed by atoms with Crippen molar-refractivity contribution in [3.63, 3.8) is 0 Å². The minimum atomic E-state index is -1.27. The van der Waals surface area contributed by atoms with Crippen LogP contribution < -0.4 is 10.4 Å². The van der Waals surface area contributed by atoms with Gasteiger partial charge in [-0.2, -0.15) is 0 Å². The van der Waals surface area contributed by atoms with E-state index in [1.54, 1.807) is 7.11 Å². The van der Waals surface area contributed by atoms with Crippen molar-refractivity contribution in [1.29, 1.82) is 0 Å². The predicted octanol–water partition coefficient (Wildman–Crippen LogP) is -0.905. The van der Waals surface area contributed by atoms with E-state index in [9.17, 15) is 9.90 Å². The molecule has 5 heteroatoms. The van der Waals surface area contributed by atoms with E-state index in [4.69, 9.17) is 9.84 Å². The molecule has 0 aliphatic heterocycles. The van der Waals surface area contributed by atoms with Gasteiger partial charge < -0.3 is 25.1 Å². The standard InChI is InChI=1S/C9H17NO4/c1-14-7-2-3-8(10-9(12)13)6(4-7)5-11/h6-8,10-11H,2-5H2,1H3,(H,12,13)/p-1/t6-,7+,8-/m0/s1. The highest BCUT2D eigenvalue weighted by Crippen LogP contribution is 2.26. The van der Waals surface area contributed by atoms with Crippen LogP contribution in [0.25, 0.3) is 0 Å². The number of nitrogens with one attached hydrogen (secondary N) is 1. The Morgan fingerprint density at radius 1 is 1.64 bits per heavy atom. The SMILES string of the molecule is CO[C@@H]1CC[C@H](NC(=O)[O-])[C@H](CO)C1. The molecule has 0 aromatic rings. The zero-order chi connectivity index (χ0) is 10.6. The Kier molecular flexibility index (Phi) is 4.16. The summed E-state index contributed by atoms with van der Waals surface area (Å²) < 4.78 is 5.17. The number of carboxylic acid groups (broad SMARTS) is 1. The molecule has 1 fully saturated rings. The first kappa shape index (κ1) is 11.3. The van der Waals surface area contributed by atoms with Crippen LogP contribution in [0.4, 0.5) is 4.79 Å². The zero-order valence-corrected chi connectivity index (χ0v) is 8.23. The van der Waals surface area contributed by atoms with Crippen LogP contribution in [0.5, 0.6) is 0 Å². The molecule has 0 aromatic heterocycles. The summed E-state index contributed by atoms with van der Waals surface area (Å²) in [6.07, 6.45) is 1.06. The van der Waals surface area contributed by atoms with E-state index >= 15 is 0 Å². The molecule has 1 amide bonds. The second kappa shape index (κ2) is 5.17. The lowest BCUT2D eigenvalue weighted by molar-refractivity contribution is -0.252. The lowest BCUT2D eigenvalue weighted by Crippen LogP contribution is -2.50. The molecule has 0 heterocycles. The van der Waals surface area contributed by atoms with Gasteiger partial charge in [0.15, 0.2) is 0 Å². The molecular weight excluding hydrogens is 186 g/mol. The summed E-state index contributed by atoms with van der Waals surface area (Å²) in [6, 6.07) is -0.198. The van der Waals surface area contributed by atoms with E-state index in [1.165, 1.54) is 0 Å². The van der Waals surface area contributed by atoms with Crippen molar-refractivity contribution >= 4 is 6.09 Å². The van der Waals surface area contributed by atoms with Crippen LogP contribution in [0, 0.1) is 5.92 Å². The van der Waals surface area contributed by atoms with E-state index in [0.717, 1.165) is 6.42 Å². The monoisotopic (exact) mass is 202 g/mol. The number of carbonyl (C=O) groups excluding carboxylic acids is 1. The molecule has 0 aromatic carbocycles. The zero-order valence-electron chi connectivity index (χ0n) is 8.23. The van der Waals surface area contributed by atoms with E-state index < -0.39 is 6.09 Å². The number of amides is 1. The number of aliphatic hydroxyl groups excluding tert-OH is 1. The van der Waals surface area contributed by atoms with Crippen molar-refractivity contribution in [2.24, 2.45) is 5.92 Å². The Balaban J connectivity index is 2.47. The van der Waals surface area contributed by atoms with Crippen LogP contribution in [0.1, 0.15) is 19.3 Å². The first-order chi connectivity index (χ1) is 6.67. The van der Waals surface area contributed by atoms with Crippen molar-refractivity contribution < 1.29 is 19.7 Å². The molecule has 14 heavy (non-hydrogen) atoms. The molecule has 1 aliphatic rings. The van der Waals surface area contributed by atoms with Gasteiger partial charge in [0.2, 0.25) is 0 Å². The average Bonchev–Trinajstić information content (AvgIpc) is 2.17. The number of carbonyl (C=O) groups is 1. The topological polar surface area (TPSA) is 81.6 Å². The summed E-state index contributed by atoms with van der Waals surface area (Å²) >= 11 is 0. The maximum atomic E-state index is 10.3. The minimum Gasteiger partial charge on any atom is -0.530 e. The molecule has 0 unspecified atom stereocenters. The number of ether oxygens (including phenoxy) is 1. The van der Waals surface area contributed by atoms with Crippen LogP contribution in [-0.4, -0.2) is 37.1 Å². The fourth-order valence-corrected chi connectivity index (χ4v) is 1.98. The van der Waals surface area contributed by atoms with Crippen molar-refractivity contribution in [2.45, 2.75) is 31.4 Å². The van der Waals surface area contributed by atoms with Gasteiger partial charge in [-0.1, -0.05) is 0 Å². The van der Waals surface area contributed by atoms with Gasteiger partial charge in [-0.3, -0.25) is 0 Å². The highest BCUT2D eigenvalue weighted by molar-refractivity contribution is 5.62. The predicted molar refractivity (Wildman–Crippen MR) is 47.5 cm³/mol. The van der Waals surface area contributed by atoms with E-state index in [2.05, 4.69) is 5.32 Å². The van der Waals surface area contributed by atoms with Gasteiger partial charge in [0, 0.05) is 25.7 Å². The third-order valence-corrected chi connectivity index (χ3v) is 2.81. The highest BCUT2D eigenvalue weighted by atomic mass is 16.5. The molecule has 5 nitrogen and oxygen atoms in total. The Bertz CT molecular complexity index is 197. The average molecular weight is 202 g/mol. The maximum absolute atomic E-state index is 10.3. The highest BCUT2D eigenvalue weighted by Gasteiger charge is 2.29. The third kappa shape index (κ3) is 2.85. The third-order valence-electron chi connectivity index (χ3n) is 2.81. The second-order valence-electron chi connectivity index (χ2n) is 3.65. The lowest BCUT2D eigenvalue weighted by Gasteiger charge is -2.35. The number of rotatable bonds is 3. The Morgan fingerprint density at radius 2 is 2.36 bits per heavy atom. The van der Waals surface area contributed by atoms with E-state index in [0.29, 0.717) is 12.8 Å². The van der Waals surface area contributed by atoms with Gasteiger partial charge in [0.1, 0.15) is 6.09 Å². The first-order valence-electron chi connectivity index (χ1n) is 4.78. The molecule has 0 radical (unpaired) electrons. The van der Waals surface area contributed by atoms with Gasteiger partial charge in [-0.05, 0) is 19.3 Å². The lowest BCUT2D eigenvalue weighted by atomic mass is 9.83. The van der Waals surface area contributed by atoms with E-state index in [-0.39, 0.29) is 24.7 Å². The summed E-state index contributed by atoms with van der Waals surface area (Å²) in [7, 11) is 1.63. The van der Waals surface area contributed by atoms with Crippen molar-refractivity contribution in [3.05, 3.63) is 0 Å².